The Balaban J connectivity index is 3.43. The van der Waals surface area contributed by atoms with E-state index in [-0.39, 0.29) is 6.54 Å². The van der Waals surface area contributed by atoms with Gasteiger partial charge in [-0.2, -0.15) is 0 Å². The van der Waals surface area contributed by atoms with Crippen LogP contribution in [0.3, 0.4) is 0 Å². The quantitative estimate of drug-likeness (QED) is 0.818. The van der Waals surface area contributed by atoms with Crippen molar-refractivity contribution in [1.29, 1.82) is 0 Å². The van der Waals surface area contributed by atoms with Gasteiger partial charge in [0.15, 0.2) is 0 Å². The van der Waals surface area contributed by atoms with Crippen molar-refractivity contribution in [2.24, 2.45) is 5.73 Å². The highest BCUT2D eigenvalue weighted by molar-refractivity contribution is 5.83. The SMILES string of the molecule is Cc1ccccc1C(CN)(C(=O)O)C(C)F. The molecule has 2 unspecified atom stereocenters. The van der Waals surface area contributed by atoms with Crippen molar-refractivity contribution < 1.29 is 14.3 Å². The minimum atomic E-state index is -1.65. The van der Waals surface area contributed by atoms with Gasteiger partial charge in [0.05, 0.1) is 0 Å². The molecule has 16 heavy (non-hydrogen) atoms. The fourth-order valence-corrected chi connectivity index (χ4v) is 1.93. The number of hydrogen-bond acceptors (Lipinski definition) is 2. The van der Waals surface area contributed by atoms with Crippen LogP contribution in [0.5, 0.6) is 0 Å². The van der Waals surface area contributed by atoms with E-state index in [1.54, 1.807) is 31.2 Å². The van der Waals surface area contributed by atoms with E-state index >= 15 is 0 Å². The average molecular weight is 225 g/mol. The first-order valence-corrected chi connectivity index (χ1v) is 5.10. The maximum absolute atomic E-state index is 13.7. The molecule has 0 saturated heterocycles. The Morgan fingerprint density at radius 1 is 1.56 bits per heavy atom. The van der Waals surface area contributed by atoms with E-state index in [0.717, 1.165) is 5.56 Å². The van der Waals surface area contributed by atoms with Crippen LogP contribution in [-0.4, -0.2) is 23.8 Å². The number of nitrogens with two attached hydrogens (primary N) is 1. The Morgan fingerprint density at radius 2 is 2.12 bits per heavy atom. The molecule has 0 spiro atoms. The first-order valence-electron chi connectivity index (χ1n) is 5.10. The van der Waals surface area contributed by atoms with E-state index in [4.69, 9.17) is 5.73 Å². The van der Waals surface area contributed by atoms with E-state index < -0.39 is 17.6 Å². The van der Waals surface area contributed by atoms with E-state index in [1.165, 1.54) is 6.92 Å². The van der Waals surface area contributed by atoms with Crippen LogP contribution in [0.1, 0.15) is 18.1 Å². The molecular weight excluding hydrogens is 209 g/mol. The molecule has 0 saturated carbocycles. The zero-order valence-electron chi connectivity index (χ0n) is 9.40. The summed E-state index contributed by atoms with van der Waals surface area (Å²) < 4.78 is 13.7. The molecule has 0 bridgehead atoms. The van der Waals surface area contributed by atoms with E-state index in [0.29, 0.717) is 5.56 Å². The first kappa shape index (κ1) is 12.6. The summed E-state index contributed by atoms with van der Waals surface area (Å²) in [4.78, 5) is 11.3. The fraction of sp³-hybridized carbons (Fsp3) is 0.417. The Morgan fingerprint density at radius 3 is 2.50 bits per heavy atom. The number of carboxylic acids is 1. The molecule has 3 N–H and O–H groups in total. The third kappa shape index (κ3) is 1.80. The summed E-state index contributed by atoms with van der Waals surface area (Å²) in [5.41, 5.74) is 5.02. The van der Waals surface area contributed by atoms with Crippen molar-refractivity contribution in [2.75, 3.05) is 6.54 Å². The summed E-state index contributed by atoms with van der Waals surface area (Å²) in [5.74, 6) is -1.22. The van der Waals surface area contributed by atoms with Gasteiger partial charge < -0.3 is 10.8 Å². The second-order valence-electron chi connectivity index (χ2n) is 3.91. The van der Waals surface area contributed by atoms with Gasteiger partial charge in [-0.1, -0.05) is 24.3 Å². The van der Waals surface area contributed by atoms with Gasteiger partial charge in [-0.15, -0.1) is 0 Å². The second-order valence-corrected chi connectivity index (χ2v) is 3.91. The molecule has 1 aromatic carbocycles. The van der Waals surface area contributed by atoms with Crippen LogP contribution in [-0.2, 0) is 10.2 Å². The lowest BCUT2D eigenvalue weighted by Crippen LogP contribution is -2.49. The molecule has 0 aliphatic rings. The van der Waals surface area contributed by atoms with Crippen LogP contribution in [0.25, 0.3) is 0 Å². The first-order chi connectivity index (χ1) is 7.46. The lowest BCUT2D eigenvalue weighted by atomic mass is 9.75. The normalized spacial score (nSPS) is 16.5. The Kier molecular flexibility index (Phi) is 3.65. The topological polar surface area (TPSA) is 63.3 Å². The lowest BCUT2D eigenvalue weighted by Gasteiger charge is -2.31. The summed E-state index contributed by atoms with van der Waals surface area (Å²) in [7, 11) is 0. The summed E-state index contributed by atoms with van der Waals surface area (Å²) in [6, 6.07) is 6.85. The molecule has 0 radical (unpaired) electrons. The molecule has 1 aromatic rings. The van der Waals surface area contributed by atoms with Gasteiger partial charge in [-0.25, -0.2) is 4.39 Å². The molecule has 0 fully saturated rings. The molecule has 0 aromatic heterocycles. The number of aryl methyl sites for hydroxylation is 1. The zero-order valence-corrected chi connectivity index (χ0v) is 9.40. The smallest absolute Gasteiger partial charge is 0.318 e. The Labute approximate surface area is 94.1 Å². The summed E-state index contributed by atoms with van der Waals surface area (Å²) >= 11 is 0. The van der Waals surface area contributed by atoms with Gasteiger partial charge >= 0.3 is 5.97 Å². The number of carboxylic acid groups (broad SMARTS) is 1. The van der Waals surface area contributed by atoms with Crippen molar-refractivity contribution in [2.45, 2.75) is 25.4 Å². The minimum Gasteiger partial charge on any atom is -0.480 e. The molecule has 0 aliphatic carbocycles. The molecule has 0 heterocycles. The van der Waals surface area contributed by atoms with Gasteiger partial charge in [-0.05, 0) is 25.0 Å². The van der Waals surface area contributed by atoms with Crippen molar-refractivity contribution in [1.82, 2.24) is 0 Å². The number of benzene rings is 1. The van der Waals surface area contributed by atoms with Crippen LogP contribution in [0.2, 0.25) is 0 Å². The summed E-state index contributed by atoms with van der Waals surface area (Å²) in [6.07, 6.45) is -1.55. The molecular formula is C12H16FNO2. The largest absolute Gasteiger partial charge is 0.480 e. The minimum absolute atomic E-state index is 0.259. The van der Waals surface area contributed by atoms with Gasteiger partial charge in [-0.3, -0.25) is 4.79 Å². The Hall–Kier alpha value is -1.42. The summed E-state index contributed by atoms with van der Waals surface area (Å²) in [5, 5.41) is 9.25. The van der Waals surface area contributed by atoms with Crippen molar-refractivity contribution >= 4 is 5.97 Å². The van der Waals surface area contributed by atoms with E-state index in [2.05, 4.69) is 0 Å². The van der Waals surface area contributed by atoms with E-state index in [9.17, 15) is 14.3 Å². The lowest BCUT2D eigenvalue weighted by molar-refractivity contribution is -0.146. The van der Waals surface area contributed by atoms with Crippen LogP contribution in [0, 0.1) is 6.92 Å². The van der Waals surface area contributed by atoms with Gasteiger partial charge in [0.2, 0.25) is 0 Å². The number of halogens is 1. The van der Waals surface area contributed by atoms with E-state index in [1.807, 2.05) is 0 Å². The number of rotatable bonds is 4. The van der Waals surface area contributed by atoms with Gasteiger partial charge in [0.1, 0.15) is 11.6 Å². The van der Waals surface area contributed by atoms with Crippen LogP contribution in [0.4, 0.5) is 4.39 Å². The second kappa shape index (κ2) is 4.61. The Bertz CT molecular complexity index is 392. The van der Waals surface area contributed by atoms with Gasteiger partial charge in [0, 0.05) is 6.54 Å². The van der Waals surface area contributed by atoms with Gasteiger partial charge in [0.25, 0.3) is 0 Å². The predicted molar refractivity (Wildman–Crippen MR) is 60.1 cm³/mol. The summed E-state index contributed by atoms with van der Waals surface area (Å²) in [6.45, 7) is 2.73. The number of carbonyl (C=O) groups is 1. The molecule has 4 heteroatoms. The third-order valence-electron chi connectivity index (χ3n) is 3.01. The number of hydrogen-bond donors (Lipinski definition) is 2. The molecule has 0 amide bonds. The van der Waals surface area contributed by atoms with Crippen molar-refractivity contribution in [3.8, 4) is 0 Å². The van der Waals surface area contributed by atoms with Crippen LogP contribution >= 0.6 is 0 Å². The van der Waals surface area contributed by atoms with Crippen molar-refractivity contribution in [3.05, 3.63) is 35.4 Å². The highest BCUT2D eigenvalue weighted by Crippen LogP contribution is 2.31. The molecule has 3 nitrogen and oxygen atoms in total. The molecule has 2 atom stereocenters. The maximum atomic E-state index is 13.7. The predicted octanol–water partition coefficient (Wildman–Crippen LogP) is 1.63. The average Bonchev–Trinajstić information content (AvgIpc) is 2.21. The third-order valence-corrected chi connectivity index (χ3v) is 3.01. The molecule has 1 rings (SSSR count). The number of alkyl halides is 1. The van der Waals surface area contributed by atoms with Crippen LogP contribution in [0.15, 0.2) is 24.3 Å². The monoisotopic (exact) mass is 225 g/mol. The van der Waals surface area contributed by atoms with Crippen LogP contribution < -0.4 is 5.73 Å². The van der Waals surface area contributed by atoms with Crippen molar-refractivity contribution in [3.63, 3.8) is 0 Å². The maximum Gasteiger partial charge on any atom is 0.318 e. The molecule has 88 valence electrons. The standard InChI is InChI=1S/C12H16FNO2/c1-8-5-3-4-6-10(8)12(7-14,9(2)13)11(15)16/h3-6,9H,7,14H2,1-2H3,(H,15,16). The molecule has 0 aliphatic heterocycles. The number of aliphatic carboxylic acids is 1. The highest BCUT2D eigenvalue weighted by atomic mass is 19.1. The highest BCUT2D eigenvalue weighted by Gasteiger charge is 2.45. The zero-order chi connectivity index (χ0) is 12.3. The fourth-order valence-electron chi connectivity index (χ4n) is 1.93.